The van der Waals surface area contributed by atoms with Gasteiger partial charge >= 0.3 is 6.03 Å². The molecule has 4 rings (SSSR count). The molecule has 2 atom stereocenters. The fourth-order valence-electron chi connectivity index (χ4n) is 4.41. The van der Waals surface area contributed by atoms with E-state index >= 15 is 0 Å². The van der Waals surface area contributed by atoms with Crippen LogP contribution >= 0.6 is 0 Å². The van der Waals surface area contributed by atoms with Gasteiger partial charge in [-0.3, -0.25) is 4.90 Å². The quantitative estimate of drug-likeness (QED) is 0.805. The van der Waals surface area contributed by atoms with Crippen LogP contribution in [0.2, 0.25) is 0 Å². The Morgan fingerprint density at radius 3 is 2.39 bits per heavy atom. The maximum Gasteiger partial charge on any atom is 0.319 e. The van der Waals surface area contributed by atoms with E-state index in [1.807, 2.05) is 49.5 Å². The summed E-state index contributed by atoms with van der Waals surface area (Å²) in [5.74, 6) is 1.26. The van der Waals surface area contributed by atoms with Gasteiger partial charge in [-0.2, -0.15) is 0 Å². The molecule has 0 aliphatic carbocycles. The lowest BCUT2D eigenvalue weighted by atomic mass is 9.92. The zero-order valence-corrected chi connectivity index (χ0v) is 18.1. The number of fused-ring (bicyclic) bond motifs is 1. The number of hydrogen-bond donors (Lipinski definition) is 1. The molecule has 0 bridgehead atoms. The topological polar surface area (TPSA) is 68.0 Å². The Morgan fingerprint density at radius 1 is 1.13 bits per heavy atom. The summed E-state index contributed by atoms with van der Waals surface area (Å²) in [6.07, 6.45) is 2.23. The molecule has 2 N–H and O–H groups in total. The number of alkyl halides is 1. The summed E-state index contributed by atoms with van der Waals surface area (Å²) >= 11 is 0. The van der Waals surface area contributed by atoms with E-state index < -0.39 is 12.2 Å². The number of nitrogens with two attached hydrogens (primary N) is 1. The molecule has 2 aromatic carbocycles. The van der Waals surface area contributed by atoms with Crippen LogP contribution in [0.25, 0.3) is 5.57 Å². The van der Waals surface area contributed by atoms with E-state index in [4.69, 9.17) is 15.2 Å². The fraction of sp³-hybridized carbons (Fsp3) is 0.375. The smallest absolute Gasteiger partial charge is 0.319 e. The highest BCUT2D eigenvalue weighted by Gasteiger charge is 2.27. The number of nitrogens with zero attached hydrogens (tertiary/aromatic N) is 2. The maximum atomic E-state index is 13.6. The van der Waals surface area contributed by atoms with Gasteiger partial charge < -0.3 is 20.1 Å². The van der Waals surface area contributed by atoms with Crippen LogP contribution in [0.3, 0.4) is 0 Å². The van der Waals surface area contributed by atoms with Crippen molar-refractivity contribution in [3.63, 3.8) is 0 Å². The van der Waals surface area contributed by atoms with Crippen LogP contribution in [0.4, 0.5) is 14.9 Å². The Kier molecular flexibility index (Phi) is 5.76. The highest BCUT2D eigenvalue weighted by atomic mass is 19.1. The largest absolute Gasteiger partial charge is 0.493 e. The lowest BCUT2D eigenvalue weighted by Gasteiger charge is -2.22. The van der Waals surface area contributed by atoms with Crippen molar-refractivity contribution in [2.24, 2.45) is 5.73 Å². The van der Waals surface area contributed by atoms with Crippen LogP contribution in [-0.2, 0) is 6.42 Å². The van der Waals surface area contributed by atoms with Gasteiger partial charge in [0, 0.05) is 36.6 Å². The van der Waals surface area contributed by atoms with E-state index in [0.717, 1.165) is 34.5 Å². The highest BCUT2D eigenvalue weighted by Crippen LogP contribution is 2.39. The molecule has 2 amide bonds. The summed E-state index contributed by atoms with van der Waals surface area (Å²) in [5.41, 5.74) is 10.5. The SMILES string of the molecule is COc1cc2c(cc1OC)C(c1ccc(N3CCC(F)C3)cc1)=CN(C(N)=O)C(C)C2. The number of benzene rings is 2. The Balaban J connectivity index is 1.80. The van der Waals surface area contributed by atoms with E-state index in [-0.39, 0.29) is 6.04 Å². The first-order valence-corrected chi connectivity index (χ1v) is 10.5. The first-order valence-electron chi connectivity index (χ1n) is 10.5. The average molecular weight is 426 g/mol. The zero-order chi connectivity index (χ0) is 22.1. The van der Waals surface area contributed by atoms with Gasteiger partial charge in [0.1, 0.15) is 6.17 Å². The summed E-state index contributed by atoms with van der Waals surface area (Å²) in [6.45, 7) is 3.11. The van der Waals surface area contributed by atoms with Crippen LogP contribution in [0.1, 0.15) is 30.0 Å². The second-order valence-electron chi connectivity index (χ2n) is 8.08. The van der Waals surface area contributed by atoms with Gasteiger partial charge in [-0.05, 0) is 60.7 Å². The molecule has 2 aliphatic heterocycles. The van der Waals surface area contributed by atoms with E-state index in [1.165, 1.54) is 0 Å². The Hall–Kier alpha value is -3.22. The van der Waals surface area contributed by atoms with Crippen molar-refractivity contribution in [3.8, 4) is 11.5 Å². The second-order valence-corrected chi connectivity index (χ2v) is 8.08. The van der Waals surface area contributed by atoms with Gasteiger partial charge in [0.25, 0.3) is 0 Å². The summed E-state index contributed by atoms with van der Waals surface area (Å²) < 4.78 is 24.6. The highest BCUT2D eigenvalue weighted by molar-refractivity contribution is 5.86. The third kappa shape index (κ3) is 4.04. The summed E-state index contributed by atoms with van der Waals surface area (Å²) in [4.78, 5) is 15.8. The number of anilines is 1. The number of carbonyl (C=O) groups is 1. The normalized spacial score (nSPS) is 20.7. The number of ether oxygens (including phenoxy) is 2. The molecule has 0 spiro atoms. The van der Waals surface area contributed by atoms with Crippen molar-refractivity contribution in [3.05, 3.63) is 59.3 Å². The number of methoxy groups -OCH3 is 2. The molecule has 31 heavy (non-hydrogen) atoms. The molecule has 2 unspecified atom stereocenters. The number of primary amides is 1. The van der Waals surface area contributed by atoms with Gasteiger partial charge in [-0.15, -0.1) is 0 Å². The van der Waals surface area contributed by atoms with Crippen molar-refractivity contribution in [1.29, 1.82) is 0 Å². The fourth-order valence-corrected chi connectivity index (χ4v) is 4.41. The van der Waals surface area contributed by atoms with Gasteiger partial charge in [0.2, 0.25) is 0 Å². The average Bonchev–Trinajstić information content (AvgIpc) is 3.14. The van der Waals surface area contributed by atoms with E-state index in [0.29, 0.717) is 30.9 Å². The maximum absolute atomic E-state index is 13.6. The molecule has 2 aliphatic rings. The third-order valence-electron chi connectivity index (χ3n) is 6.09. The predicted octanol–water partition coefficient (Wildman–Crippen LogP) is 3.97. The van der Waals surface area contributed by atoms with E-state index in [9.17, 15) is 9.18 Å². The van der Waals surface area contributed by atoms with Crippen LogP contribution in [-0.4, -0.2) is 50.5 Å². The van der Waals surface area contributed by atoms with Crippen molar-refractivity contribution < 1.29 is 18.7 Å². The molecule has 2 heterocycles. The molecule has 2 aromatic rings. The third-order valence-corrected chi connectivity index (χ3v) is 6.09. The first kappa shape index (κ1) is 21.0. The summed E-state index contributed by atoms with van der Waals surface area (Å²) in [5, 5.41) is 0. The molecule has 7 heteroatoms. The van der Waals surface area contributed by atoms with Gasteiger partial charge in [0.05, 0.1) is 14.2 Å². The molecule has 1 fully saturated rings. The monoisotopic (exact) mass is 425 g/mol. The van der Waals surface area contributed by atoms with E-state index in [2.05, 4.69) is 4.90 Å². The van der Waals surface area contributed by atoms with Crippen molar-refractivity contribution >= 4 is 17.3 Å². The van der Waals surface area contributed by atoms with Crippen LogP contribution in [0.5, 0.6) is 11.5 Å². The lowest BCUT2D eigenvalue weighted by molar-refractivity contribution is 0.213. The van der Waals surface area contributed by atoms with Gasteiger partial charge in [-0.25, -0.2) is 9.18 Å². The molecule has 1 saturated heterocycles. The molecule has 0 aromatic heterocycles. The van der Waals surface area contributed by atoms with Gasteiger partial charge in [0.15, 0.2) is 11.5 Å². The number of halogens is 1. The van der Waals surface area contributed by atoms with Crippen LogP contribution in [0.15, 0.2) is 42.6 Å². The molecule has 164 valence electrons. The first-order chi connectivity index (χ1) is 14.9. The second kappa shape index (κ2) is 8.49. The molecular formula is C24H28FN3O3. The Labute approximate surface area is 182 Å². The predicted molar refractivity (Wildman–Crippen MR) is 119 cm³/mol. The molecular weight excluding hydrogens is 397 g/mol. The number of hydrogen-bond acceptors (Lipinski definition) is 4. The number of urea groups is 1. The molecule has 0 radical (unpaired) electrons. The summed E-state index contributed by atoms with van der Waals surface area (Å²) in [7, 11) is 3.21. The number of rotatable bonds is 4. The summed E-state index contributed by atoms with van der Waals surface area (Å²) in [6, 6.07) is 11.3. The number of carbonyl (C=O) groups excluding carboxylic acids is 1. The molecule has 6 nitrogen and oxygen atoms in total. The Bertz CT molecular complexity index is 1010. The van der Waals surface area contributed by atoms with Crippen LogP contribution < -0.4 is 20.1 Å². The van der Waals surface area contributed by atoms with Crippen molar-refractivity contribution in [2.75, 3.05) is 32.2 Å². The number of amides is 2. The minimum atomic E-state index is -0.774. The van der Waals surface area contributed by atoms with Crippen molar-refractivity contribution in [2.45, 2.75) is 32.0 Å². The minimum absolute atomic E-state index is 0.114. The standard InChI is InChI=1S/C24H28FN3O3/c1-15-10-17-11-22(30-2)23(31-3)12-20(17)21(14-28(15)24(26)29)16-4-6-19(7-5-16)27-9-8-18(25)13-27/h4-7,11-12,14-15,18H,8-10,13H2,1-3H3,(H2,26,29). The molecule has 0 saturated carbocycles. The Morgan fingerprint density at radius 2 is 1.81 bits per heavy atom. The zero-order valence-electron chi connectivity index (χ0n) is 18.1. The van der Waals surface area contributed by atoms with E-state index in [1.54, 1.807) is 19.1 Å². The lowest BCUT2D eigenvalue weighted by Crippen LogP contribution is -2.38. The van der Waals surface area contributed by atoms with Crippen LogP contribution in [0, 0.1) is 0 Å². The minimum Gasteiger partial charge on any atom is -0.493 e. The van der Waals surface area contributed by atoms with Crippen molar-refractivity contribution in [1.82, 2.24) is 4.90 Å². The van der Waals surface area contributed by atoms with Gasteiger partial charge in [-0.1, -0.05) is 12.1 Å².